The van der Waals surface area contributed by atoms with Crippen molar-refractivity contribution in [3.05, 3.63) is 34.0 Å². The molecular weight excluding hydrogens is 284 g/mol. The van der Waals surface area contributed by atoms with Crippen LogP contribution in [0, 0.1) is 0 Å². The van der Waals surface area contributed by atoms with E-state index < -0.39 is 0 Å². The van der Waals surface area contributed by atoms with Crippen molar-refractivity contribution in [1.29, 1.82) is 0 Å². The highest BCUT2D eigenvalue weighted by Gasteiger charge is 2.30. The fourth-order valence-corrected chi connectivity index (χ4v) is 4.03. The van der Waals surface area contributed by atoms with E-state index in [9.17, 15) is 4.79 Å². The summed E-state index contributed by atoms with van der Waals surface area (Å²) >= 11 is 1.58. The number of H-pyrrole nitrogens is 1. The number of hydrogen-bond acceptors (Lipinski definition) is 4. The number of nitrogens with one attached hydrogen (secondary N) is 1. The average molecular weight is 302 g/mol. The lowest BCUT2D eigenvalue weighted by Crippen LogP contribution is -2.38. The summed E-state index contributed by atoms with van der Waals surface area (Å²) in [6.45, 7) is 1.62. The molecule has 0 aromatic carbocycles. The van der Waals surface area contributed by atoms with Gasteiger partial charge in [-0.1, -0.05) is 0 Å². The Labute approximate surface area is 127 Å². The van der Waals surface area contributed by atoms with Crippen molar-refractivity contribution in [3.8, 4) is 0 Å². The highest BCUT2D eigenvalue weighted by Crippen LogP contribution is 2.42. The molecule has 2 fully saturated rings. The van der Waals surface area contributed by atoms with Crippen LogP contribution in [0.5, 0.6) is 0 Å². The fourth-order valence-electron chi connectivity index (χ4n) is 2.97. The number of aromatic amines is 1. The predicted molar refractivity (Wildman–Crippen MR) is 80.6 cm³/mol. The molecule has 2 aromatic heterocycles. The van der Waals surface area contributed by atoms with E-state index in [-0.39, 0.29) is 5.91 Å². The van der Waals surface area contributed by atoms with E-state index >= 15 is 0 Å². The first-order valence-electron chi connectivity index (χ1n) is 7.55. The van der Waals surface area contributed by atoms with Crippen LogP contribution in [0.15, 0.2) is 18.5 Å². The Morgan fingerprint density at radius 1 is 1.33 bits per heavy atom. The fraction of sp³-hybridized carbons (Fsp3) is 0.533. The zero-order valence-electron chi connectivity index (χ0n) is 11.8. The molecule has 1 aliphatic heterocycles. The van der Waals surface area contributed by atoms with Crippen molar-refractivity contribution in [3.63, 3.8) is 0 Å². The Hall–Kier alpha value is -1.69. The number of piperidine rings is 1. The van der Waals surface area contributed by atoms with Crippen molar-refractivity contribution in [2.24, 2.45) is 0 Å². The van der Waals surface area contributed by atoms with Gasteiger partial charge in [-0.3, -0.25) is 9.89 Å². The lowest BCUT2D eigenvalue weighted by Gasteiger charge is -2.31. The van der Waals surface area contributed by atoms with Gasteiger partial charge >= 0.3 is 0 Å². The second-order valence-electron chi connectivity index (χ2n) is 5.94. The molecule has 1 saturated heterocycles. The summed E-state index contributed by atoms with van der Waals surface area (Å²) < 4.78 is 0. The van der Waals surface area contributed by atoms with E-state index in [1.165, 1.54) is 12.8 Å². The standard InChI is InChI=1S/C15H18N4OS/c20-15(13-8-16-14(21-13)10-3-4-10)19-7-1-2-11(9-19)12-5-6-17-18-12/h5-6,8,10-11H,1-4,7,9H2,(H,17,18). The maximum absolute atomic E-state index is 12.6. The number of amides is 1. The summed E-state index contributed by atoms with van der Waals surface area (Å²) in [5, 5.41) is 8.19. The molecule has 1 unspecified atom stereocenters. The zero-order chi connectivity index (χ0) is 14.2. The van der Waals surface area contributed by atoms with E-state index in [0.717, 1.165) is 41.5 Å². The molecule has 0 radical (unpaired) electrons. The zero-order valence-corrected chi connectivity index (χ0v) is 12.6. The Bertz CT molecular complexity index is 632. The van der Waals surface area contributed by atoms with E-state index in [1.807, 2.05) is 11.0 Å². The van der Waals surface area contributed by atoms with Crippen molar-refractivity contribution in [1.82, 2.24) is 20.1 Å². The molecule has 2 aliphatic rings. The third kappa shape index (κ3) is 2.60. The predicted octanol–water partition coefficient (Wildman–Crippen LogP) is 2.76. The summed E-state index contributed by atoms with van der Waals surface area (Å²) in [6, 6.07) is 2.01. The number of nitrogens with zero attached hydrogens (tertiary/aromatic N) is 3. The molecule has 4 rings (SSSR count). The Kier molecular flexibility index (Phi) is 3.25. The number of aromatic nitrogens is 3. The Balaban J connectivity index is 1.47. The molecule has 5 nitrogen and oxygen atoms in total. The number of rotatable bonds is 3. The van der Waals surface area contributed by atoms with Gasteiger partial charge in [0.1, 0.15) is 4.88 Å². The van der Waals surface area contributed by atoms with Crippen molar-refractivity contribution < 1.29 is 4.79 Å². The maximum Gasteiger partial charge on any atom is 0.265 e. The molecule has 1 atom stereocenters. The molecule has 1 aliphatic carbocycles. The molecule has 6 heteroatoms. The smallest absolute Gasteiger partial charge is 0.265 e. The van der Waals surface area contributed by atoms with Gasteiger partial charge in [0.15, 0.2) is 0 Å². The Morgan fingerprint density at radius 2 is 2.24 bits per heavy atom. The van der Waals surface area contributed by atoms with Gasteiger partial charge < -0.3 is 4.90 Å². The van der Waals surface area contributed by atoms with Crippen LogP contribution in [0.2, 0.25) is 0 Å². The van der Waals surface area contributed by atoms with Crippen LogP contribution in [0.4, 0.5) is 0 Å². The summed E-state index contributed by atoms with van der Waals surface area (Å²) in [5.74, 6) is 1.14. The first kappa shape index (κ1) is 13.0. The summed E-state index contributed by atoms with van der Waals surface area (Å²) in [6.07, 6.45) is 8.16. The quantitative estimate of drug-likeness (QED) is 0.948. The minimum atomic E-state index is 0.142. The number of thiazole rings is 1. The Morgan fingerprint density at radius 3 is 3.00 bits per heavy atom. The lowest BCUT2D eigenvalue weighted by molar-refractivity contribution is 0.0710. The first-order valence-corrected chi connectivity index (χ1v) is 8.37. The maximum atomic E-state index is 12.6. The second-order valence-corrected chi connectivity index (χ2v) is 7.00. The van der Waals surface area contributed by atoms with Gasteiger partial charge in [0.2, 0.25) is 0 Å². The van der Waals surface area contributed by atoms with Gasteiger partial charge in [-0.25, -0.2) is 4.98 Å². The molecule has 1 amide bonds. The highest BCUT2D eigenvalue weighted by molar-refractivity contribution is 7.13. The van der Waals surface area contributed by atoms with Crippen LogP contribution in [-0.2, 0) is 0 Å². The third-order valence-corrected chi connectivity index (χ3v) is 5.48. The molecule has 1 saturated carbocycles. The molecule has 2 aromatic rings. The second kappa shape index (κ2) is 5.26. The van der Waals surface area contributed by atoms with Gasteiger partial charge in [-0.15, -0.1) is 11.3 Å². The first-order chi connectivity index (χ1) is 10.3. The van der Waals surface area contributed by atoms with Crippen LogP contribution < -0.4 is 0 Å². The summed E-state index contributed by atoms with van der Waals surface area (Å²) in [4.78, 5) is 19.8. The largest absolute Gasteiger partial charge is 0.337 e. The normalized spacial score (nSPS) is 22.5. The molecule has 110 valence electrons. The van der Waals surface area contributed by atoms with Crippen LogP contribution in [0.1, 0.15) is 57.9 Å². The van der Waals surface area contributed by atoms with Crippen LogP contribution in [0.25, 0.3) is 0 Å². The summed E-state index contributed by atoms with van der Waals surface area (Å²) in [5.41, 5.74) is 1.13. The van der Waals surface area contributed by atoms with Crippen LogP contribution >= 0.6 is 11.3 Å². The molecule has 21 heavy (non-hydrogen) atoms. The minimum absolute atomic E-state index is 0.142. The molecule has 0 spiro atoms. The van der Waals surface area contributed by atoms with E-state index in [0.29, 0.717) is 11.8 Å². The topological polar surface area (TPSA) is 61.9 Å². The molecule has 1 N–H and O–H groups in total. The van der Waals surface area contributed by atoms with Crippen molar-refractivity contribution in [2.75, 3.05) is 13.1 Å². The van der Waals surface area contributed by atoms with E-state index in [1.54, 1.807) is 23.7 Å². The summed E-state index contributed by atoms with van der Waals surface area (Å²) in [7, 11) is 0. The van der Waals surface area contributed by atoms with Crippen molar-refractivity contribution >= 4 is 17.2 Å². The molecule has 0 bridgehead atoms. The van der Waals surface area contributed by atoms with Gasteiger partial charge in [-0.05, 0) is 31.7 Å². The highest BCUT2D eigenvalue weighted by atomic mass is 32.1. The van der Waals surface area contributed by atoms with Gasteiger partial charge in [0.05, 0.1) is 11.2 Å². The van der Waals surface area contributed by atoms with Crippen LogP contribution in [-0.4, -0.2) is 39.1 Å². The van der Waals surface area contributed by atoms with E-state index in [2.05, 4.69) is 15.2 Å². The minimum Gasteiger partial charge on any atom is -0.337 e. The number of likely N-dealkylation sites (tertiary alicyclic amines) is 1. The average Bonchev–Trinajstić information content (AvgIpc) is 3.05. The lowest BCUT2D eigenvalue weighted by atomic mass is 9.95. The monoisotopic (exact) mass is 302 g/mol. The third-order valence-electron chi connectivity index (χ3n) is 4.33. The number of hydrogen-bond donors (Lipinski definition) is 1. The van der Waals surface area contributed by atoms with Crippen LogP contribution in [0.3, 0.4) is 0 Å². The van der Waals surface area contributed by atoms with Crippen molar-refractivity contribution in [2.45, 2.75) is 37.5 Å². The molecular formula is C15H18N4OS. The molecule has 3 heterocycles. The van der Waals surface area contributed by atoms with Gasteiger partial charge in [-0.2, -0.15) is 5.10 Å². The number of carbonyl (C=O) groups is 1. The number of carbonyl (C=O) groups excluding carboxylic acids is 1. The van der Waals surface area contributed by atoms with Gasteiger partial charge in [0.25, 0.3) is 5.91 Å². The SMILES string of the molecule is O=C(c1cnc(C2CC2)s1)N1CCCC(c2ccn[nH]2)C1. The van der Waals surface area contributed by atoms with E-state index in [4.69, 9.17) is 0 Å². The van der Waals surface area contributed by atoms with Gasteiger partial charge in [0, 0.05) is 36.8 Å².